The summed E-state index contributed by atoms with van der Waals surface area (Å²) in [5, 5.41) is 8.93. The second kappa shape index (κ2) is 3.74. The van der Waals surface area contributed by atoms with Crippen molar-refractivity contribution in [3.8, 4) is 17.6 Å². The summed E-state index contributed by atoms with van der Waals surface area (Å²) >= 11 is 0. The number of phenols is 1. The van der Waals surface area contributed by atoms with Gasteiger partial charge >= 0.3 is 0 Å². The molecule has 1 aromatic carbocycles. The summed E-state index contributed by atoms with van der Waals surface area (Å²) in [4.78, 5) is 0. The maximum absolute atomic E-state index is 12.5. The summed E-state index contributed by atoms with van der Waals surface area (Å²) in [5.74, 6) is 4.23. The molecule has 2 nitrogen and oxygen atoms in total. The summed E-state index contributed by atoms with van der Waals surface area (Å²) in [7, 11) is 0. The fourth-order valence-corrected chi connectivity index (χ4v) is 0.744. The largest absolute Gasteiger partial charge is 0.505 e. The first-order valence-electron chi connectivity index (χ1n) is 3.41. The molecule has 0 unspecified atom stereocenters. The van der Waals surface area contributed by atoms with Crippen molar-refractivity contribution in [1.82, 2.24) is 0 Å². The third-order valence-corrected chi connectivity index (χ3v) is 1.28. The molecule has 0 aliphatic carbocycles. The summed E-state index contributed by atoms with van der Waals surface area (Å²) < 4.78 is 12.5. The molecule has 0 saturated carbocycles. The van der Waals surface area contributed by atoms with Crippen LogP contribution in [0.5, 0.6) is 5.75 Å². The number of hydrogen-bond donors (Lipinski definition) is 2. The molecule has 0 amide bonds. The van der Waals surface area contributed by atoms with Crippen LogP contribution in [0, 0.1) is 17.7 Å². The zero-order chi connectivity index (χ0) is 8.97. The minimum atomic E-state index is -0.645. The normalized spacial score (nSPS) is 8.83. The van der Waals surface area contributed by atoms with Gasteiger partial charge in [0.1, 0.15) is 0 Å². The van der Waals surface area contributed by atoms with Crippen molar-refractivity contribution >= 4 is 0 Å². The monoisotopic (exact) mass is 165 g/mol. The summed E-state index contributed by atoms with van der Waals surface area (Å²) in [6, 6.07) is 3.91. The van der Waals surface area contributed by atoms with Gasteiger partial charge in [0.25, 0.3) is 0 Å². The summed E-state index contributed by atoms with van der Waals surface area (Å²) in [5.41, 5.74) is 5.69. The molecule has 1 aromatic rings. The van der Waals surface area contributed by atoms with Crippen LogP contribution in [-0.4, -0.2) is 11.7 Å². The Morgan fingerprint density at radius 3 is 2.83 bits per heavy atom. The Bertz CT molecular complexity index is 338. The Balaban J connectivity index is 2.97. The van der Waals surface area contributed by atoms with E-state index in [1.807, 2.05) is 0 Å². The lowest BCUT2D eigenvalue weighted by Gasteiger charge is -1.94. The molecule has 0 aliphatic heterocycles. The van der Waals surface area contributed by atoms with E-state index >= 15 is 0 Å². The van der Waals surface area contributed by atoms with Crippen LogP contribution in [0.15, 0.2) is 18.2 Å². The van der Waals surface area contributed by atoms with Crippen LogP contribution < -0.4 is 5.73 Å². The number of rotatable bonds is 0. The molecule has 3 heteroatoms. The molecule has 0 bridgehead atoms. The van der Waals surface area contributed by atoms with Gasteiger partial charge < -0.3 is 10.8 Å². The first-order chi connectivity index (χ1) is 5.74. The number of halogens is 1. The highest BCUT2D eigenvalue weighted by Gasteiger charge is 1.98. The van der Waals surface area contributed by atoms with Gasteiger partial charge in [-0.15, -0.1) is 0 Å². The predicted octanol–water partition coefficient (Wildman–Crippen LogP) is 0.841. The summed E-state index contributed by atoms with van der Waals surface area (Å²) in [6.45, 7) is 0.248. The second-order valence-electron chi connectivity index (χ2n) is 2.17. The number of benzene rings is 1. The minimum Gasteiger partial charge on any atom is -0.505 e. The lowest BCUT2D eigenvalue weighted by molar-refractivity contribution is 0.432. The van der Waals surface area contributed by atoms with E-state index in [2.05, 4.69) is 11.8 Å². The molecule has 0 spiro atoms. The molecule has 12 heavy (non-hydrogen) atoms. The molecule has 0 heterocycles. The van der Waals surface area contributed by atoms with E-state index in [-0.39, 0.29) is 12.3 Å². The Hall–Kier alpha value is -1.53. The third kappa shape index (κ3) is 1.97. The highest BCUT2D eigenvalue weighted by Crippen LogP contribution is 2.15. The van der Waals surface area contributed by atoms with Crippen molar-refractivity contribution in [2.75, 3.05) is 6.54 Å². The van der Waals surface area contributed by atoms with Gasteiger partial charge in [0.2, 0.25) is 0 Å². The Kier molecular flexibility index (Phi) is 2.67. The van der Waals surface area contributed by atoms with Gasteiger partial charge in [0.15, 0.2) is 11.6 Å². The van der Waals surface area contributed by atoms with Crippen LogP contribution in [0.1, 0.15) is 5.56 Å². The van der Waals surface area contributed by atoms with E-state index in [1.54, 1.807) is 0 Å². The standard InChI is InChI=1S/C9H8FNO/c10-8-4-3-7(2-1-5-11)6-9(8)12/h3-4,6,12H,5,11H2. The molecular formula is C9H8FNO. The zero-order valence-electron chi connectivity index (χ0n) is 6.34. The quantitative estimate of drug-likeness (QED) is 0.559. The van der Waals surface area contributed by atoms with Crippen LogP contribution in [0.2, 0.25) is 0 Å². The molecule has 0 aromatic heterocycles. The van der Waals surface area contributed by atoms with Crippen molar-refractivity contribution in [2.24, 2.45) is 5.73 Å². The van der Waals surface area contributed by atoms with Crippen molar-refractivity contribution in [3.05, 3.63) is 29.6 Å². The van der Waals surface area contributed by atoms with Crippen LogP contribution >= 0.6 is 0 Å². The van der Waals surface area contributed by atoms with Crippen LogP contribution in [-0.2, 0) is 0 Å². The van der Waals surface area contributed by atoms with Gasteiger partial charge in [-0.25, -0.2) is 4.39 Å². The summed E-state index contributed by atoms with van der Waals surface area (Å²) in [6.07, 6.45) is 0. The minimum absolute atomic E-state index is 0.248. The van der Waals surface area contributed by atoms with Crippen molar-refractivity contribution < 1.29 is 9.50 Å². The molecule has 62 valence electrons. The van der Waals surface area contributed by atoms with Crippen LogP contribution in [0.4, 0.5) is 4.39 Å². The predicted molar refractivity (Wildman–Crippen MR) is 44.0 cm³/mol. The first kappa shape index (κ1) is 8.57. The Labute approximate surface area is 69.8 Å². The van der Waals surface area contributed by atoms with Crippen LogP contribution in [0.25, 0.3) is 0 Å². The van der Waals surface area contributed by atoms with Crippen molar-refractivity contribution in [2.45, 2.75) is 0 Å². The number of aromatic hydroxyl groups is 1. The fourth-order valence-electron chi connectivity index (χ4n) is 0.744. The Morgan fingerprint density at radius 2 is 2.25 bits per heavy atom. The van der Waals surface area contributed by atoms with E-state index in [0.29, 0.717) is 5.56 Å². The number of hydrogen-bond acceptors (Lipinski definition) is 2. The van der Waals surface area contributed by atoms with E-state index in [4.69, 9.17) is 10.8 Å². The first-order valence-corrected chi connectivity index (χ1v) is 3.41. The average molecular weight is 165 g/mol. The molecule has 3 N–H and O–H groups in total. The van der Waals surface area contributed by atoms with Gasteiger partial charge in [0, 0.05) is 5.56 Å². The van der Waals surface area contributed by atoms with E-state index in [9.17, 15) is 4.39 Å². The average Bonchev–Trinajstić information content (AvgIpc) is 2.07. The smallest absolute Gasteiger partial charge is 0.164 e. The van der Waals surface area contributed by atoms with Crippen molar-refractivity contribution in [3.63, 3.8) is 0 Å². The van der Waals surface area contributed by atoms with Gasteiger partial charge in [-0.1, -0.05) is 11.8 Å². The van der Waals surface area contributed by atoms with Gasteiger partial charge in [-0.3, -0.25) is 0 Å². The maximum atomic E-state index is 12.5. The molecular weight excluding hydrogens is 157 g/mol. The lowest BCUT2D eigenvalue weighted by atomic mass is 10.2. The highest BCUT2D eigenvalue weighted by molar-refractivity contribution is 5.40. The number of phenolic OH excluding ortho intramolecular Hbond substituents is 1. The van der Waals surface area contributed by atoms with E-state index < -0.39 is 5.82 Å². The SMILES string of the molecule is NCC#Cc1ccc(F)c(O)c1. The number of nitrogens with two attached hydrogens (primary N) is 1. The van der Waals surface area contributed by atoms with E-state index in [1.165, 1.54) is 12.1 Å². The molecule has 0 aliphatic rings. The molecule has 0 radical (unpaired) electrons. The third-order valence-electron chi connectivity index (χ3n) is 1.28. The van der Waals surface area contributed by atoms with Gasteiger partial charge in [0.05, 0.1) is 6.54 Å². The van der Waals surface area contributed by atoms with Gasteiger partial charge in [-0.2, -0.15) is 0 Å². The lowest BCUT2D eigenvalue weighted by Crippen LogP contribution is -1.93. The molecule has 0 saturated heterocycles. The zero-order valence-corrected chi connectivity index (χ0v) is 6.34. The highest BCUT2D eigenvalue weighted by atomic mass is 19.1. The fraction of sp³-hybridized carbons (Fsp3) is 0.111. The second-order valence-corrected chi connectivity index (χ2v) is 2.17. The van der Waals surface area contributed by atoms with E-state index in [0.717, 1.165) is 6.07 Å². The molecule has 1 rings (SSSR count). The maximum Gasteiger partial charge on any atom is 0.164 e. The van der Waals surface area contributed by atoms with Gasteiger partial charge in [-0.05, 0) is 18.2 Å². The van der Waals surface area contributed by atoms with Crippen LogP contribution in [0.3, 0.4) is 0 Å². The topological polar surface area (TPSA) is 46.2 Å². The molecule has 0 atom stereocenters. The Morgan fingerprint density at radius 1 is 1.50 bits per heavy atom. The molecule has 0 fully saturated rings. The van der Waals surface area contributed by atoms with Crippen molar-refractivity contribution in [1.29, 1.82) is 0 Å².